The molecule has 20 heavy (non-hydrogen) atoms. The molecule has 2 aromatic rings. The molecule has 0 aromatic heterocycles. The molecule has 0 fully saturated rings. The Hall–Kier alpha value is -2.12. The predicted molar refractivity (Wildman–Crippen MR) is 71.5 cm³/mol. The van der Waals surface area contributed by atoms with E-state index < -0.39 is 6.36 Å². The summed E-state index contributed by atoms with van der Waals surface area (Å²) in [5, 5.41) is 0.486. The molecule has 0 unspecified atom stereocenters. The Morgan fingerprint density at radius 2 is 1.70 bits per heavy atom. The molecule has 0 heterocycles. The highest BCUT2D eigenvalue weighted by molar-refractivity contribution is 6.30. The van der Waals surface area contributed by atoms with E-state index in [-0.39, 0.29) is 11.3 Å². The summed E-state index contributed by atoms with van der Waals surface area (Å²) in [6.45, 7) is 0. The zero-order valence-corrected chi connectivity index (χ0v) is 10.8. The van der Waals surface area contributed by atoms with Crippen LogP contribution in [-0.4, -0.2) is 6.36 Å². The highest BCUT2D eigenvalue weighted by Gasteiger charge is 2.32. The van der Waals surface area contributed by atoms with Crippen molar-refractivity contribution in [2.24, 2.45) is 0 Å². The van der Waals surface area contributed by atoms with Gasteiger partial charge in [0, 0.05) is 16.1 Å². The van der Waals surface area contributed by atoms with Gasteiger partial charge in [0.2, 0.25) is 0 Å². The van der Waals surface area contributed by atoms with E-state index in [4.69, 9.17) is 18.0 Å². The topological polar surface area (TPSA) is 9.23 Å². The molecule has 0 spiro atoms. The summed E-state index contributed by atoms with van der Waals surface area (Å²) >= 11 is 5.76. The molecule has 0 radical (unpaired) electrons. The van der Waals surface area contributed by atoms with E-state index in [1.807, 2.05) is 0 Å². The predicted octanol–water partition coefficient (Wildman–Crippen LogP) is 4.89. The van der Waals surface area contributed by atoms with Crippen LogP contribution in [0.25, 0.3) is 11.1 Å². The molecule has 2 aromatic carbocycles. The van der Waals surface area contributed by atoms with Crippen molar-refractivity contribution in [1.29, 1.82) is 0 Å². The van der Waals surface area contributed by atoms with Gasteiger partial charge in [0.15, 0.2) is 0 Å². The van der Waals surface area contributed by atoms with Crippen molar-refractivity contribution in [2.75, 3.05) is 0 Å². The van der Waals surface area contributed by atoms with Gasteiger partial charge in [-0.2, -0.15) is 0 Å². The second-order valence-corrected chi connectivity index (χ2v) is 4.35. The summed E-state index contributed by atoms with van der Waals surface area (Å²) in [7, 11) is 0. The molecule has 0 saturated carbocycles. The van der Waals surface area contributed by atoms with Gasteiger partial charge < -0.3 is 4.74 Å². The van der Waals surface area contributed by atoms with Crippen LogP contribution in [-0.2, 0) is 0 Å². The zero-order valence-electron chi connectivity index (χ0n) is 10.0. The third kappa shape index (κ3) is 3.46. The van der Waals surface area contributed by atoms with Gasteiger partial charge in [-0.25, -0.2) is 0 Å². The average Bonchev–Trinajstić information content (AvgIpc) is 2.38. The molecule has 5 heteroatoms. The van der Waals surface area contributed by atoms with Crippen LogP contribution in [0.1, 0.15) is 5.56 Å². The Balaban J connectivity index is 2.53. The lowest BCUT2D eigenvalue weighted by atomic mass is 10.0. The molecule has 0 aliphatic heterocycles. The first kappa shape index (κ1) is 14.3. The Morgan fingerprint density at radius 1 is 1.05 bits per heavy atom. The van der Waals surface area contributed by atoms with Crippen molar-refractivity contribution >= 4 is 11.6 Å². The van der Waals surface area contributed by atoms with E-state index >= 15 is 0 Å². The minimum Gasteiger partial charge on any atom is -0.405 e. The summed E-state index contributed by atoms with van der Waals surface area (Å²) in [4.78, 5) is 0. The minimum atomic E-state index is -4.77. The van der Waals surface area contributed by atoms with E-state index in [0.717, 1.165) is 0 Å². The minimum absolute atomic E-state index is 0.259. The Labute approximate surface area is 118 Å². The number of benzene rings is 2. The van der Waals surface area contributed by atoms with E-state index in [1.54, 1.807) is 24.3 Å². The molecule has 0 N–H and O–H groups in total. The molecule has 0 amide bonds. The SMILES string of the molecule is C#Cc1ccc(OC(F)(F)F)c(-c2ccc(Cl)cc2)c1. The maximum atomic E-state index is 12.4. The van der Waals surface area contributed by atoms with Crippen molar-refractivity contribution in [3.8, 4) is 29.2 Å². The van der Waals surface area contributed by atoms with Crippen molar-refractivity contribution in [3.05, 3.63) is 53.1 Å². The first-order valence-electron chi connectivity index (χ1n) is 5.51. The van der Waals surface area contributed by atoms with Crippen molar-refractivity contribution in [3.63, 3.8) is 0 Å². The summed E-state index contributed by atoms with van der Waals surface area (Å²) in [5.41, 5.74) is 1.25. The van der Waals surface area contributed by atoms with Crippen molar-refractivity contribution in [1.82, 2.24) is 0 Å². The van der Waals surface area contributed by atoms with Crippen LogP contribution < -0.4 is 4.74 Å². The lowest BCUT2D eigenvalue weighted by Gasteiger charge is -2.14. The Kier molecular flexibility index (Phi) is 3.91. The average molecular weight is 297 g/mol. The second-order valence-electron chi connectivity index (χ2n) is 3.91. The molecule has 0 aliphatic carbocycles. The van der Waals surface area contributed by atoms with E-state index in [0.29, 0.717) is 16.1 Å². The third-order valence-electron chi connectivity index (χ3n) is 2.53. The third-order valence-corrected chi connectivity index (χ3v) is 2.78. The van der Waals surface area contributed by atoms with Gasteiger partial charge in [0.05, 0.1) is 0 Å². The monoisotopic (exact) mass is 296 g/mol. The summed E-state index contributed by atoms with van der Waals surface area (Å²) in [5.74, 6) is 2.07. The molecular weight excluding hydrogens is 289 g/mol. The van der Waals surface area contributed by atoms with Gasteiger partial charge in [0.25, 0.3) is 0 Å². The number of alkyl halides is 3. The van der Waals surface area contributed by atoms with Gasteiger partial charge in [-0.1, -0.05) is 29.7 Å². The van der Waals surface area contributed by atoms with Crippen LogP contribution >= 0.6 is 11.6 Å². The molecule has 2 rings (SSSR count). The van der Waals surface area contributed by atoms with Crippen LogP contribution in [0.4, 0.5) is 13.2 Å². The molecule has 1 nitrogen and oxygen atoms in total. The highest BCUT2D eigenvalue weighted by Crippen LogP contribution is 2.35. The molecule has 0 saturated heterocycles. The fraction of sp³-hybridized carbons (Fsp3) is 0.0667. The number of terminal acetylenes is 1. The van der Waals surface area contributed by atoms with E-state index in [1.165, 1.54) is 18.2 Å². The van der Waals surface area contributed by atoms with Crippen molar-refractivity contribution in [2.45, 2.75) is 6.36 Å². The second kappa shape index (κ2) is 5.48. The molecule has 0 aliphatic rings. The Bertz CT molecular complexity index is 654. The van der Waals surface area contributed by atoms with Crippen LogP contribution in [0.15, 0.2) is 42.5 Å². The zero-order chi connectivity index (χ0) is 14.8. The lowest BCUT2D eigenvalue weighted by molar-refractivity contribution is -0.274. The quantitative estimate of drug-likeness (QED) is 0.717. The van der Waals surface area contributed by atoms with Gasteiger partial charge in [-0.05, 0) is 35.9 Å². The summed E-state index contributed by atoms with van der Waals surface area (Å²) < 4.78 is 41.2. The van der Waals surface area contributed by atoms with Crippen molar-refractivity contribution < 1.29 is 17.9 Å². The van der Waals surface area contributed by atoms with Crippen LogP contribution in [0.5, 0.6) is 5.75 Å². The smallest absolute Gasteiger partial charge is 0.405 e. The van der Waals surface area contributed by atoms with Gasteiger partial charge in [-0.3, -0.25) is 0 Å². The Morgan fingerprint density at radius 3 is 2.25 bits per heavy atom. The van der Waals surface area contributed by atoms with E-state index in [2.05, 4.69) is 10.7 Å². The maximum absolute atomic E-state index is 12.4. The molecule has 0 bridgehead atoms. The van der Waals surface area contributed by atoms with Gasteiger partial charge >= 0.3 is 6.36 Å². The fourth-order valence-electron chi connectivity index (χ4n) is 1.69. The largest absolute Gasteiger partial charge is 0.573 e. The maximum Gasteiger partial charge on any atom is 0.573 e. The van der Waals surface area contributed by atoms with Crippen LogP contribution in [0, 0.1) is 12.3 Å². The summed E-state index contributed by atoms with van der Waals surface area (Å²) in [6, 6.07) is 10.4. The number of hydrogen-bond donors (Lipinski definition) is 0. The fourth-order valence-corrected chi connectivity index (χ4v) is 1.81. The molecular formula is C15H8ClF3O. The number of hydrogen-bond acceptors (Lipinski definition) is 1. The standard InChI is InChI=1S/C15H8ClF3O/c1-2-10-3-8-14(20-15(17,18)19)13(9-10)11-4-6-12(16)7-5-11/h1,3-9H. The van der Waals surface area contributed by atoms with E-state index in [9.17, 15) is 13.2 Å². The number of halogens is 4. The van der Waals surface area contributed by atoms with Gasteiger partial charge in [-0.15, -0.1) is 19.6 Å². The van der Waals surface area contributed by atoms with Gasteiger partial charge in [0.1, 0.15) is 5.75 Å². The number of ether oxygens (including phenoxy) is 1. The van der Waals surface area contributed by atoms with Crippen LogP contribution in [0.3, 0.4) is 0 Å². The van der Waals surface area contributed by atoms with Crippen LogP contribution in [0.2, 0.25) is 5.02 Å². The normalized spacial score (nSPS) is 10.9. The first-order chi connectivity index (χ1) is 9.39. The summed E-state index contributed by atoms with van der Waals surface area (Å²) in [6.07, 6.45) is 0.499. The first-order valence-corrected chi connectivity index (χ1v) is 5.89. The number of rotatable bonds is 2. The molecule has 0 atom stereocenters. The highest BCUT2D eigenvalue weighted by atomic mass is 35.5. The molecule has 102 valence electrons. The lowest BCUT2D eigenvalue weighted by Crippen LogP contribution is -2.17.